The van der Waals surface area contributed by atoms with Crippen LogP contribution in [0.15, 0.2) is 6.07 Å². The summed E-state index contributed by atoms with van der Waals surface area (Å²) in [5.41, 5.74) is 1.37. The number of benzene rings is 1. The molecule has 0 aliphatic heterocycles. The Bertz CT molecular complexity index is 771. The first-order valence-electron chi connectivity index (χ1n) is 13.9. The summed E-state index contributed by atoms with van der Waals surface area (Å²) in [7, 11) is -2.89. The average Bonchev–Trinajstić information content (AvgIpc) is 2.84. The second kappa shape index (κ2) is 16.7. The van der Waals surface area contributed by atoms with Crippen LogP contribution in [0.4, 0.5) is 8.78 Å². The summed E-state index contributed by atoms with van der Waals surface area (Å²) in [6.07, 6.45) is 15.3. The van der Waals surface area contributed by atoms with Crippen LogP contribution in [0.25, 0.3) is 0 Å². The van der Waals surface area contributed by atoms with Crippen LogP contribution >= 0.6 is 7.60 Å². The number of unbranched alkanes of at least 4 members (excludes halogenated alkanes) is 8. The molecular formula is C28H47F2O4P. The van der Waals surface area contributed by atoms with Crippen molar-refractivity contribution in [2.24, 2.45) is 0 Å². The fourth-order valence-electron chi connectivity index (χ4n) is 5.12. The largest absolute Gasteiger partial charge is 0.490 e. The third-order valence-corrected chi connectivity index (χ3v) is 9.08. The van der Waals surface area contributed by atoms with E-state index in [1.165, 1.54) is 19.3 Å². The van der Waals surface area contributed by atoms with Gasteiger partial charge in [0.1, 0.15) is 0 Å². The maximum atomic E-state index is 14.8. The van der Waals surface area contributed by atoms with Gasteiger partial charge in [-0.2, -0.15) is 4.39 Å². The Balaban J connectivity index is 1.55. The van der Waals surface area contributed by atoms with Crippen LogP contribution in [-0.2, 0) is 13.6 Å². The number of ether oxygens (including phenoxy) is 1. The Labute approximate surface area is 212 Å². The molecule has 0 aromatic heterocycles. The first-order valence-corrected chi connectivity index (χ1v) is 15.6. The quantitative estimate of drug-likeness (QED) is 0.144. The van der Waals surface area contributed by atoms with Crippen LogP contribution < -0.4 is 4.74 Å². The fraction of sp³-hybridized carbons (Fsp3) is 0.786. The van der Waals surface area contributed by atoms with Gasteiger partial charge in [0.15, 0.2) is 11.6 Å². The highest BCUT2D eigenvalue weighted by Crippen LogP contribution is 2.48. The molecule has 0 saturated heterocycles. The zero-order valence-corrected chi connectivity index (χ0v) is 23.1. The van der Waals surface area contributed by atoms with E-state index in [4.69, 9.17) is 13.8 Å². The van der Waals surface area contributed by atoms with Crippen molar-refractivity contribution >= 4 is 7.60 Å². The highest BCUT2D eigenvalue weighted by molar-refractivity contribution is 7.53. The Kier molecular flexibility index (Phi) is 14.4. The number of halogens is 2. The van der Waals surface area contributed by atoms with Crippen molar-refractivity contribution in [3.63, 3.8) is 0 Å². The van der Waals surface area contributed by atoms with E-state index in [1.807, 2.05) is 20.8 Å². The lowest BCUT2D eigenvalue weighted by Gasteiger charge is -2.25. The smallest absolute Gasteiger partial charge is 0.330 e. The van der Waals surface area contributed by atoms with Crippen molar-refractivity contribution in [2.75, 3.05) is 26.0 Å². The molecule has 0 spiro atoms. The lowest BCUT2D eigenvalue weighted by Crippen LogP contribution is -2.11. The highest BCUT2D eigenvalue weighted by Gasteiger charge is 2.25. The molecule has 4 nitrogen and oxygen atoms in total. The van der Waals surface area contributed by atoms with E-state index in [0.717, 1.165) is 76.2 Å². The molecule has 0 N–H and O–H groups in total. The van der Waals surface area contributed by atoms with Crippen LogP contribution in [0.3, 0.4) is 0 Å². The zero-order chi connectivity index (χ0) is 25.5. The molecule has 35 heavy (non-hydrogen) atoms. The van der Waals surface area contributed by atoms with Gasteiger partial charge in [-0.1, -0.05) is 64.2 Å². The highest BCUT2D eigenvalue weighted by atomic mass is 31.2. The zero-order valence-electron chi connectivity index (χ0n) is 22.2. The second-order valence-corrected chi connectivity index (χ2v) is 12.0. The summed E-state index contributed by atoms with van der Waals surface area (Å²) in [6.45, 7) is 6.80. The molecule has 1 aliphatic carbocycles. The van der Waals surface area contributed by atoms with E-state index in [0.29, 0.717) is 31.5 Å². The van der Waals surface area contributed by atoms with E-state index < -0.39 is 19.2 Å². The van der Waals surface area contributed by atoms with Crippen LogP contribution in [0, 0.1) is 18.6 Å². The lowest BCUT2D eigenvalue weighted by molar-refractivity contribution is 0.219. The molecule has 0 radical (unpaired) electrons. The predicted octanol–water partition coefficient (Wildman–Crippen LogP) is 9.48. The van der Waals surface area contributed by atoms with Crippen molar-refractivity contribution in [3.8, 4) is 5.75 Å². The molecule has 0 atom stereocenters. The second-order valence-electron chi connectivity index (χ2n) is 9.77. The van der Waals surface area contributed by atoms with E-state index in [-0.39, 0.29) is 11.7 Å². The lowest BCUT2D eigenvalue weighted by atomic mass is 9.82. The molecule has 0 amide bonds. The van der Waals surface area contributed by atoms with Gasteiger partial charge >= 0.3 is 7.60 Å². The Morgan fingerprint density at radius 3 is 1.94 bits per heavy atom. The van der Waals surface area contributed by atoms with Crippen molar-refractivity contribution in [3.05, 3.63) is 28.8 Å². The summed E-state index contributed by atoms with van der Waals surface area (Å²) in [5, 5.41) is 0. The maximum absolute atomic E-state index is 14.8. The predicted molar refractivity (Wildman–Crippen MR) is 140 cm³/mol. The fourth-order valence-corrected chi connectivity index (χ4v) is 6.85. The molecule has 1 aromatic rings. The molecule has 0 unspecified atom stereocenters. The molecular weight excluding hydrogens is 469 g/mol. The number of rotatable bonds is 18. The van der Waals surface area contributed by atoms with Gasteiger partial charge < -0.3 is 13.8 Å². The maximum Gasteiger partial charge on any atom is 0.330 e. The normalized spacial score (nSPS) is 15.0. The minimum Gasteiger partial charge on any atom is -0.490 e. The van der Waals surface area contributed by atoms with Crippen LogP contribution in [0.1, 0.15) is 121 Å². The van der Waals surface area contributed by atoms with Crippen molar-refractivity contribution in [2.45, 2.75) is 117 Å². The number of hydrogen-bond donors (Lipinski definition) is 0. The summed E-state index contributed by atoms with van der Waals surface area (Å²) in [6, 6.07) is 1.68. The minimum absolute atomic E-state index is 0.0535. The Morgan fingerprint density at radius 2 is 1.37 bits per heavy atom. The SMILES string of the molecule is CCOP(=O)(CCCCCCCCCCCOc1cc(C)c(C2CCCCC2)c(F)c1F)OCC. The first kappa shape index (κ1) is 30.3. The molecule has 1 saturated carbocycles. The Hall–Kier alpha value is -0.970. The molecule has 2 rings (SSSR count). The van der Waals surface area contributed by atoms with Gasteiger partial charge in [0.05, 0.1) is 26.0 Å². The van der Waals surface area contributed by atoms with Gasteiger partial charge in [-0.3, -0.25) is 4.57 Å². The van der Waals surface area contributed by atoms with Gasteiger partial charge in [0.2, 0.25) is 5.82 Å². The minimum atomic E-state index is -2.89. The molecule has 0 heterocycles. The van der Waals surface area contributed by atoms with Gasteiger partial charge in [0.25, 0.3) is 0 Å². The molecule has 7 heteroatoms. The Morgan fingerprint density at radius 1 is 0.829 bits per heavy atom. The van der Waals surface area contributed by atoms with Crippen molar-refractivity contribution < 1.29 is 27.1 Å². The molecule has 1 fully saturated rings. The molecule has 0 bridgehead atoms. The van der Waals surface area contributed by atoms with Gasteiger partial charge in [0, 0.05) is 0 Å². The van der Waals surface area contributed by atoms with E-state index in [2.05, 4.69) is 0 Å². The summed E-state index contributed by atoms with van der Waals surface area (Å²) >= 11 is 0. The topological polar surface area (TPSA) is 44.8 Å². The van der Waals surface area contributed by atoms with E-state index in [1.54, 1.807) is 6.07 Å². The summed E-state index contributed by atoms with van der Waals surface area (Å²) in [4.78, 5) is 0. The average molecular weight is 517 g/mol. The monoisotopic (exact) mass is 516 g/mol. The van der Waals surface area contributed by atoms with E-state index in [9.17, 15) is 13.3 Å². The van der Waals surface area contributed by atoms with Crippen LogP contribution in [0.5, 0.6) is 5.75 Å². The number of aryl methyl sites for hydroxylation is 1. The first-order chi connectivity index (χ1) is 16.9. The van der Waals surface area contributed by atoms with Gasteiger partial charge in [-0.05, 0) is 69.6 Å². The molecule has 1 aliphatic rings. The van der Waals surface area contributed by atoms with Gasteiger partial charge in [-0.25, -0.2) is 4.39 Å². The summed E-state index contributed by atoms with van der Waals surface area (Å²) in [5.74, 6) is -1.34. The molecule has 1 aromatic carbocycles. The molecule has 202 valence electrons. The third kappa shape index (κ3) is 10.5. The van der Waals surface area contributed by atoms with E-state index >= 15 is 0 Å². The number of hydrogen-bond acceptors (Lipinski definition) is 4. The van der Waals surface area contributed by atoms with Crippen molar-refractivity contribution in [1.29, 1.82) is 0 Å². The van der Waals surface area contributed by atoms with Gasteiger partial charge in [-0.15, -0.1) is 0 Å². The van der Waals surface area contributed by atoms with Crippen LogP contribution in [0.2, 0.25) is 0 Å². The third-order valence-electron chi connectivity index (χ3n) is 6.92. The van der Waals surface area contributed by atoms with Crippen LogP contribution in [-0.4, -0.2) is 26.0 Å². The van der Waals surface area contributed by atoms with Crippen molar-refractivity contribution in [1.82, 2.24) is 0 Å². The summed E-state index contributed by atoms with van der Waals surface area (Å²) < 4.78 is 58.1. The standard InChI is InChI=1S/C28H47F2O4P/c1-4-33-35(31,34-5-2)21-17-12-10-8-6-7-9-11-16-20-32-25-22-23(3)26(28(30)27(25)29)24-18-14-13-15-19-24/h22,24H,4-21H2,1-3H3.